The molecule has 1 aliphatic heterocycles. The number of aryl methyl sites for hydroxylation is 1. The van der Waals surface area contributed by atoms with Crippen molar-refractivity contribution in [3.05, 3.63) is 83.9 Å². The van der Waals surface area contributed by atoms with Crippen LogP contribution in [0.15, 0.2) is 77.7 Å². The Labute approximate surface area is 205 Å². The van der Waals surface area contributed by atoms with E-state index < -0.39 is 22.0 Å². The highest BCUT2D eigenvalue weighted by atomic mass is 32.2. The lowest BCUT2D eigenvalue weighted by Crippen LogP contribution is -2.51. The Morgan fingerprint density at radius 3 is 2.54 bits per heavy atom. The van der Waals surface area contributed by atoms with E-state index in [1.807, 2.05) is 43.3 Å². The molecule has 0 aromatic heterocycles. The van der Waals surface area contributed by atoms with Crippen LogP contribution in [-0.2, 0) is 26.2 Å². The highest BCUT2D eigenvalue weighted by Gasteiger charge is 2.37. The number of rotatable bonds is 9. The molecular formula is C26H28N2O6S. The minimum atomic E-state index is -3.95. The van der Waals surface area contributed by atoms with Gasteiger partial charge in [-0.1, -0.05) is 36.4 Å². The van der Waals surface area contributed by atoms with Crippen molar-refractivity contribution in [1.82, 2.24) is 5.32 Å². The predicted octanol–water partition coefficient (Wildman–Crippen LogP) is 3.29. The highest BCUT2D eigenvalue weighted by Crippen LogP contribution is 2.38. The van der Waals surface area contributed by atoms with E-state index in [1.54, 1.807) is 24.3 Å². The van der Waals surface area contributed by atoms with E-state index in [4.69, 9.17) is 14.2 Å². The SMILES string of the molecule is COc1ccc(S(=O)(=O)N2C[C@H](C(=O)NCCOCc3ccccc3)Oc3ccc(C)cc32)cc1. The van der Waals surface area contributed by atoms with Crippen molar-refractivity contribution in [2.24, 2.45) is 0 Å². The third kappa shape index (κ3) is 5.75. The molecule has 1 atom stereocenters. The Morgan fingerprint density at radius 2 is 1.83 bits per heavy atom. The molecule has 0 aliphatic carbocycles. The number of ether oxygens (including phenoxy) is 3. The monoisotopic (exact) mass is 496 g/mol. The number of hydrogen-bond acceptors (Lipinski definition) is 6. The Hall–Kier alpha value is -3.56. The average Bonchev–Trinajstić information content (AvgIpc) is 2.88. The van der Waals surface area contributed by atoms with E-state index in [0.717, 1.165) is 11.1 Å². The summed E-state index contributed by atoms with van der Waals surface area (Å²) in [4.78, 5) is 13.0. The maximum absolute atomic E-state index is 13.5. The Kier molecular flexibility index (Phi) is 7.57. The quantitative estimate of drug-likeness (QED) is 0.457. The molecule has 0 unspecified atom stereocenters. The molecule has 35 heavy (non-hydrogen) atoms. The van der Waals surface area contributed by atoms with Gasteiger partial charge in [-0.15, -0.1) is 0 Å². The first kappa shape index (κ1) is 24.6. The van der Waals surface area contributed by atoms with Gasteiger partial charge in [0.1, 0.15) is 11.5 Å². The number of nitrogens with one attached hydrogen (secondary N) is 1. The van der Waals surface area contributed by atoms with Gasteiger partial charge < -0.3 is 19.5 Å². The zero-order valence-corrected chi connectivity index (χ0v) is 20.5. The molecule has 9 heteroatoms. The van der Waals surface area contributed by atoms with Gasteiger partial charge in [0, 0.05) is 6.54 Å². The summed E-state index contributed by atoms with van der Waals surface area (Å²) < 4.78 is 45.0. The summed E-state index contributed by atoms with van der Waals surface area (Å²) in [6.07, 6.45) is -1.01. The van der Waals surface area contributed by atoms with Gasteiger partial charge in [-0.25, -0.2) is 8.42 Å². The van der Waals surface area contributed by atoms with Crippen LogP contribution in [0, 0.1) is 6.92 Å². The standard InChI is InChI=1S/C26H28N2O6S/c1-19-8-13-24-23(16-19)28(35(30,31)22-11-9-21(32-2)10-12-22)17-25(34-24)26(29)27-14-15-33-18-20-6-4-3-5-7-20/h3-13,16,25H,14-15,17-18H2,1-2H3,(H,27,29)/t25-/m1/s1. The third-order valence-electron chi connectivity index (χ3n) is 5.58. The van der Waals surface area contributed by atoms with E-state index in [0.29, 0.717) is 30.4 Å². The van der Waals surface area contributed by atoms with Crippen LogP contribution >= 0.6 is 0 Å². The number of hydrogen-bond donors (Lipinski definition) is 1. The van der Waals surface area contributed by atoms with Crippen LogP contribution in [0.25, 0.3) is 0 Å². The number of methoxy groups -OCH3 is 1. The van der Waals surface area contributed by atoms with Crippen molar-refractivity contribution < 1.29 is 27.4 Å². The summed E-state index contributed by atoms with van der Waals surface area (Å²) in [5, 5.41) is 2.78. The summed E-state index contributed by atoms with van der Waals surface area (Å²) in [5.74, 6) is 0.475. The highest BCUT2D eigenvalue weighted by molar-refractivity contribution is 7.92. The number of sulfonamides is 1. The lowest BCUT2D eigenvalue weighted by molar-refractivity contribution is -0.128. The van der Waals surface area contributed by atoms with E-state index >= 15 is 0 Å². The number of carbonyl (C=O) groups excluding carboxylic acids is 1. The molecule has 1 N–H and O–H groups in total. The second-order valence-corrected chi connectivity index (χ2v) is 9.98. The van der Waals surface area contributed by atoms with Crippen molar-refractivity contribution in [3.8, 4) is 11.5 Å². The predicted molar refractivity (Wildman–Crippen MR) is 132 cm³/mol. The lowest BCUT2D eigenvalue weighted by Gasteiger charge is -2.35. The van der Waals surface area contributed by atoms with Gasteiger partial charge in [0.05, 0.1) is 37.5 Å². The van der Waals surface area contributed by atoms with Crippen LogP contribution < -0.4 is 19.1 Å². The lowest BCUT2D eigenvalue weighted by atomic mass is 10.1. The molecule has 4 rings (SSSR count). The van der Waals surface area contributed by atoms with Crippen molar-refractivity contribution in [2.75, 3.05) is 31.1 Å². The molecule has 0 bridgehead atoms. The number of nitrogens with zero attached hydrogens (tertiary/aromatic N) is 1. The van der Waals surface area contributed by atoms with Gasteiger partial charge in [0.15, 0.2) is 6.10 Å². The molecule has 0 spiro atoms. The minimum Gasteiger partial charge on any atom is -0.497 e. The Balaban J connectivity index is 1.46. The van der Waals surface area contributed by atoms with Gasteiger partial charge in [-0.2, -0.15) is 0 Å². The van der Waals surface area contributed by atoms with Gasteiger partial charge >= 0.3 is 0 Å². The molecular weight excluding hydrogens is 468 g/mol. The molecule has 1 aliphatic rings. The van der Waals surface area contributed by atoms with Gasteiger partial charge in [-0.05, 0) is 54.4 Å². The topological polar surface area (TPSA) is 94.2 Å². The maximum atomic E-state index is 13.5. The largest absolute Gasteiger partial charge is 0.497 e. The van der Waals surface area contributed by atoms with Crippen LogP contribution in [0.5, 0.6) is 11.5 Å². The zero-order chi connectivity index (χ0) is 24.8. The van der Waals surface area contributed by atoms with Crippen LogP contribution in [0.4, 0.5) is 5.69 Å². The van der Waals surface area contributed by atoms with Crippen molar-refractivity contribution in [1.29, 1.82) is 0 Å². The van der Waals surface area contributed by atoms with E-state index in [2.05, 4.69) is 5.32 Å². The van der Waals surface area contributed by atoms with Crippen LogP contribution in [-0.4, -0.2) is 47.2 Å². The van der Waals surface area contributed by atoms with Gasteiger partial charge in [0.25, 0.3) is 15.9 Å². The van der Waals surface area contributed by atoms with Crippen molar-refractivity contribution in [3.63, 3.8) is 0 Å². The second kappa shape index (κ2) is 10.8. The first-order valence-corrected chi connectivity index (χ1v) is 12.7. The summed E-state index contributed by atoms with van der Waals surface area (Å²) in [7, 11) is -2.44. The number of carbonyl (C=O) groups is 1. The summed E-state index contributed by atoms with van der Waals surface area (Å²) in [6, 6.07) is 21.1. The molecule has 0 fully saturated rings. The number of fused-ring (bicyclic) bond motifs is 1. The fourth-order valence-electron chi connectivity index (χ4n) is 3.72. The summed E-state index contributed by atoms with van der Waals surface area (Å²) >= 11 is 0. The van der Waals surface area contributed by atoms with Crippen LogP contribution in [0.2, 0.25) is 0 Å². The molecule has 1 heterocycles. The van der Waals surface area contributed by atoms with E-state index in [9.17, 15) is 13.2 Å². The number of anilines is 1. The normalized spacial score (nSPS) is 15.1. The number of benzene rings is 3. The fourth-order valence-corrected chi connectivity index (χ4v) is 5.19. The molecule has 3 aromatic carbocycles. The summed E-state index contributed by atoms with van der Waals surface area (Å²) in [5.41, 5.74) is 2.32. The van der Waals surface area contributed by atoms with Crippen LogP contribution in [0.1, 0.15) is 11.1 Å². The van der Waals surface area contributed by atoms with Gasteiger partial charge in [-0.3, -0.25) is 9.10 Å². The minimum absolute atomic E-state index is 0.0983. The molecule has 0 saturated carbocycles. The van der Waals surface area contributed by atoms with Crippen molar-refractivity contribution in [2.45, 2.75) is 24.5 Å². The molecule has 1 amide bonds. The fraction of sp³-hybridized carbons (Fsp3) is 0.269. The Bertz CT molecular complexity index is 1260. The molecule has 184 valence electrons. The molecule has 8 nitrogen and oxygen atoms in total. The van der Waals surface area contributed by atoms with E-state index in [-0.39, 0.29) is 18.0 Å². The van der Waals surface area contributed by atoms with Crippen LogP contribution in [0.3, 0.4) is 0 Å². The Morgan fingerprint density at radius 1 is 1.09 bits per heavy atom. The maximum Gasteiger partial charge on any atom is 0.264 e. The van der Waals surface area contributed by atoms with Crippen molar-refractivity contribution >= 4 is 21.6 Å². The summed E-state index contributed by atoms with van der Waals surface area (Å²) in [6.45, 7) is 2.75. The number of amides is 1. The molecule has 0 saturated heterocycles. The zero-order valence-electron chi connectivity index (χ0n) is 19.6. The molecule has 0 radical (unpaired) electrons. The average molecular weight is 497 g/mol. The third-order valence-corrected chi connectivity index (χ3v) is 7.37. The van der Waals surface area contributed by atoms with E-state index in [1.165, 1.54) is 23.5 Å². The van der Waals surface area contributed by atoms with Gasteiger partial charge in [0.2, 0.25) is 0 Å². The molecule has 3 aromatic rings. The smallest absolute Gasteiger partial charge is 0.264 e. The first-order valence-electron chi connectivity index (χ1n) is 11.2. The second-order valence-electron chi connectivity index (χ2n) is 8.12. The first-order chi connectivity index (χ1) is 16.9.